The number of aliphatic hydroxyl groups is 1. The monoisotopic (exact) mass is 450 g/mol. The molecule has 8 atom stereocenters. The van der Waals surface area contributed by atoms with Crippen molar-refractivity contribution in [2.75, 3.05) is 0 Å². The molecular formula is C23H30O9. The maximum atomic E-state index is 12.6. The lowest BCUT2D eigenvalue weighted by atomic mass is 9.49. The first-order valence-corrected chi connectivity index (χ1v) is 10.5. The summed E-state index contributed by atoms with van der Waals surface area (Å²) in [6.07, 6.45) is -3.48. The lowest BCUT2D eigenvalue weighted by Gasteiger charge is -2.61. The minimum atomic E-state index is -1.42. The van der Waals surface area contributed by atoms with Crippen LogP contribution in [0.2, 0.25) is 0 Å². The molecule has 1 aliphatic heterocycles. The van der Waals surface area contributed by atoms with Gasteiger partial charge in [0.15, 0.2) is 6.10 Å². The number of hydrogen-bond acceptors (Lipinski definition) is 9. The van der Waals surface area contributed by atoms with Crippen LogP contribution in [0, 0.1) is 17.3 Å². The maximum Gasteiger partial charge on any atom is 0.334 e. The van der Waals surface area contributed by atoms with Gasteiger partial charge in [0.05, 0.1) is 16.9 Å². The number of rotatable bonds is 4. The SMILES string of the molecule is C=C(C)C(=O)OC1C2C(=C)C(=O)OC2C(OC(C)=O)C2(C)C(OC(C)=O)CCC(C)(O)C12. The van der Waals surface area contributed by atoms with Crippen LogP contribution in [0.5, 0.6) is 0 Å². The van der Waals surface area contributed by atoms with E-state index in [4.69, 9.17) is 18.9 Å². The van der Waals surface area contributed by atoms with E-state index < -0.39 is 71.1 Å². The highest BCUT2D eigenvalue weighted by Gasteiger charge is 2.72. The van der Waals surface area contributed by atoms with Gasteiger partial charge in [-0.25, -0.2) is 9.59 Å². The molecule has 3 fully saturated rings. The molecule has 0 aromatic carbocycles. The van der Waals surface area contributed by atoms with Gasteiger partial charge in [-0.15, -0.1) is 0 Å². The fourth-order valence-electron chi connectivity index (χ4n) is 5.76. The minimum Gasteiger partial charge on any atom is -0.462 e. The third-order valence-electron chi connectivity index (χ3n) is 6.99. The van der Waals surface area contributed by atoms with Crippen LogP contribution in [-0.2, 0) is 38.1 Å². The molecule has 3 rings (SSSR count). The van der Waals surface area contributed by atoms with E-state index in [2.05, 4.69) is 13.2 Å². The average molecular weight is 450 g/mol. The van der Waals surface area contributed by atoms with Crippen LogP contribution >= 0.6 is 0 Å². The topological polar surface area (TPSA) is 125 Å². The molecule has 0 aromatic rings. The van der Waals surface area contributed by atoms with Gasteiger partial charge < -0.3 is 24.1 Å². The highest BCUT2D eigenvalue weighted by Crippen LogP contribution is 2.60. The predicted octanol–water partition coefficient (Wildman–Crippen LogP) is 1.62. The Balaban J connectivity index is 2.24. The Bertz CT molecular complexity index is 888. The molecule has 8 unspecified atom stereocenters. The lowest BCUT2D eigenvalue weighted by molar-refractivity contribution is -0.279. The Labute approximate surface area is 186 Å². The number of carbonyl (C=O) groups is 4. The second-order valence-electron chi connectivity index (χ2n) is 9.44. The summed E-state index contributed by atoms with van der Waals surface area (Å²) in [6, 6.07) is 0. The van der Waals surface area contributed by atoms with Gasteiger partial charge in [-0.2, -0.15) is 0 Å². The first-order chi connectivity index (χ1) is 14.7. The fourth-order valence-corrected chi connectivity index (χ4v) is 5.76. The maximum absolute atomic E-state index is 12.6. The van der Waals surface area contributed by atoms with E-state index in [1.807, 2.05) is 0 Å². The van der Waals surface area contributed by atoms with E-state index >= 15 is 0 Å². The summed E-state index contributed by atoms with van der Waals surface area (Å²) in [6.45, 7) is 14.7. The van der Waals surface area contributed by atoms with Crippen LogP contribution in [0.1, 0.15) is 47.5 Å². The summed E-state index contributed by atoms with van der Waals surface area (Å²) >= 11 is 0. The summed E-state index contributed by atoms with van der Waals surface area (Å²) in [4.78, 5) is 49.0. The first-order valence-electron chi connectivity index (χ1n) is 10.5. The van der Waals surface area contributed by atoms with Crippen molar-refractivity contribution in [3.8, 4) is 0 Å². The summed E-state index contributed by atoms with van der Waals surface area (Å²) < 4.78 is 22.6. The highest BCUT2D eigenvalue weighted by molar-refractivity contribution is 5.92. The molecule has 0 bridgehead atoms. The largest absolute Gasteiger partial charge is 0.462 e. The van der Waals surface area contributed by atoms with E-state index in [0.29, 0.717) is 0 Å². The molecule has 1 N–H and O–H groups in total. The van der Waals surface area contributed by atoms with Crippen molar-refractivity contribution in [1.29, 1.82) is 0 Å². The van der Waals surface area contributed by atoms with Gasteiger partial charge in [-0.3, -0.25) is 9.59 Å². The van der Waals surface area contributed by atoms with Gasteiger partial charge in [0, 0.05) is 30.9 Å². The second-order valence-corrected chi connectivity index (χ2v) is 9.44. The molecule has 3 aliphatic rings. The molecule has 0 radical (unpaired) electrons. The molecule has 0 spiro atoms. The van der Waals surface area contributed by atoms with Crippen molar-refractivity contribution in [1.82, 2.24) is 0 Å². The van der Waals surface area contributed by atoms with Crippen LogP contribution in [0.4, 0.5) is 0 Å². The Morgan fingerprint density at radius 1 is 1.09 bits per heavy atom. The van der Waals surface area contributed by atoms with Crippen LogP contribution in [-0.4, -0.2) is 59.0 Å². The standard InChI is InChI=1S/C23H30O9/c1-10(2)20(26)31-16-15-11(3)21(27)32-17(15)19(30-13(5)25)23(7)14(29-12(4)24)8-9-22(6,28)18(16)23/h14-19,28H,1,3,8-9H2,2,4-7H3. The highest BCUT2D eigenvalue weighted by atomic mass is 16.6. The van der Waals surface area contributed by atoms with Crippen LogP contribution < -0.4 is 0 Å². The zero-order chi connectivity index (χ0) is 24.2. The smallest absolute Gasteiger partial charge is 0.334 e. The van der Waals surface area contributed by atoms with Crippen molar-refractivity contribution in [2.45, 2.75) is 77.5 Å². The van der Waals surface area contributed by atoms with Crippen LogP contribution in [0.3, 0.4) is 0 Å². The second kappa shape index (κ2) is 8.03. The van der Waals surface area contributed by atoms with E-state index in [1.54, 1.807) is 13.8 Å². The van der Waals surface area contributed by atoms with E-state index in [-0.39, 0.29) is 24.0 Å². The summed E-state index contributed by atoms with van der Waals surface area (Å²) in [7, 11) is 0. The van der Waals surface area contributed by atoms with Crippen molar-refractivity contribution in [3.05, 3.63) is 24.3 Å². The molecular weight excluding hydrogens is 420 g/mol. The quantitative estimate of drug-likeness (QED) is 0.386. The van der Waals surface area contributed by atoms with Crippen LogP contribution in [0.15, 0.2) is 24.3 Å². The third kappa shape index (κ3) is 3.72. The summed E-state index contributed by atoms with van der Waals surface area (Å²) in [5, 5.41) is 11.5. The minimum absolute atomic E-state index is 0.0547. The molecule has 0 amide bonds. The molecule has 9 heteroatoms. The molecule has 0 aromatic heterocycles. The summed E-state index contributed by atoms with van der Waals surface area (Å²) in [5.41, 5.74) is -2.47. The van der Waals surface area contributed by atoms with E-state index in [0.717, 1.165) is 0 Å². The Kier molecular flexibility index (Phi) is 6.01. The number of fused-ring (bicyclic) bond motifs is 2. The Hall–Kier alpha value is -2.68. The number of ether oxygens (including phenoxy) is 4. The molecule has 2 saturated carbocycles. The van der Waals surface area contributed by atoms with Gasteiger partial charge >= 0.3 is 23.9 Å². The fraction of sp³-hybridized carbons (Fsp3) is 0.652. The molecule has 1 heterocycles. The van der Waals surface area contributed by atoms with E-state index in [1.165, 1.54) is 20.8 Å². The number of hydrogen-bond donors (Lipinski definition) is 1. The lowest BCUT2D eigenvalue weighted by Crippen LogP contribution is -2.72. The predicted molar refractivity (Wildman–Crippen MR) is 110 cm³/mol. The van der Waals surface area contributed by atoms with Gasteiger partial charge in [0.2, 0.25) is 0 Å². The normalized spacial score (nSPS) is 40.4. The van der Waals surface area contributed by atoms with Crippen molar-refractivity contribution in [3.63, 3.8) is 0 Å². The van der Waals surface area contributed by atoms with Crippen molar-refractivity contribution in [2.24, 2.45) is 17.3 Å². The Morgan fingerprint density at radius 3 is 2.22 bits per heavy atom. The molecule has 9 nitrogen and oxygen atoms in total. The van der Waals surface area contributed by atoms with E-state index in [9.17, 15) is 24.3 Å². The van der Waals surface area contributed by atoms with Gasteiger partial charge in [0.25, 0.3) is 0 Å². The van der Waals surface area contributed by atoms with Gasteiger partial charge in [-0.05, 0) is 26.7 Å². The van der Waals surface area contributed by atoms with Crippen LogP contribution in [0.25, 0.3) is 0 Å². The molecule has 176 valence electrons. The zero-order valence-corrected chi connectivity index (χ0v) is 19.0. The average Bonchev–Trinajstić information content (AvgIpc) is 2.94. The van der Waals surface area contributed by atoms with Gasteiger partial charge in [-0.1, -0.05) is 20.1 Å². The third-order valence-corrected chi connectivity index (χ3v) is 6.99. The zero-order valence-electron chi connectivity index (χ0n) is 19.0. The number of carbonyl (C=O) groups excluding carboxylic acids is 4. The Morgan fingerprint density at radius 2 is 1.69 bits per heavy atom. The molecule has 2 aliphatic carbocycles. The molecule has 1 saturated heterocycles. The molecule has 32 heavy (non-hydrogen) atoms. The van der Waals surface area contributed by atoms with Crippen molar-refractivity contribution < 1.29 is 43.2 Å². The number of esters is 4. The summed E-state index contributed by atoms with van der Waals surface area (Å²) in [5.74, 6) is -4.35. The van der Waals surface area contributed by atoms with Gasteiger partial charge in [0.1, 0.15) is 18.3 Å². The first kappa shape index (κ1) is 24.0. The van der Waals surface area contributed by atoms with Crippen molar-refractivity contribution >= 4 is 23.9 Å².